The standard InChI is InChI=1S/C17H28N2O/c1-12(2)16-9-8-15(17(18-16)11-19(3)4)13-6-7-14(10-13)20-5/h8-9,12-14H,6-7,10-11H2,1-5H3/t13-,14+/m0/s1. The summed E-state index contributed by atoms with van der Waals surface area (Å²) in [4.78, 5) is 7.13. The largest absolute Gasteiger partial charge is 0.381 e. The monoisotopic (exact) mass is 276 g/mol. The molecule has 0 radical (unpaired) electrons. The number of aromatic nitrogens is 1. The first-order valence-electron chi connectivity index (χ1n) is 7.68. The molecule has 1 aliphatic rings. The van der Waals surface area contributed by atoms with Gasteiger partial charge in [-0.1, -0.05) is 19.9 Å². The number of pyridine rings is 1. The molecule has 3 nitrogen and oxygen atoms in total. The highest BCUT2D eigenvalue weighted by atomic mass is 16.5. The highest BCUT2D eigenvalue weighted by Crippen LogP contribution is 2.37. The normalized spacial score (nSPS) is 22.9. The zero-order chi connectivity index (χ0) is 14.7. The van der Waals surface area contributed by atoms with E-state index in [2.05, 4.69) is 45.0 Å². The van der Waals surface area contributed by atoms with Gasteiger partial charge in [-0.05, 0) is 56.8 Å². The van der Waals surface area contributed by atoms with E-state index < -0.39 is 0 Å². The zero-order valence-electron chi connectivity index (χ0n) is 13.5. The van der Waals surface area contributed by atoms with Crippen LogP contribution in [0.5, 0.6) is 0 Å². The van der Waals surface area contributed by atoms with Crippen LogP contribution in [0.2, 0.25) is 0 Å². The van der Waals surface area contributed by atoms with Crippen LogP contribution >= 0.6 is 0 Å². The van der Waals surface area contributed by atoms with Gasteiger partial charge >= 0.3 is 0 Å². The molecule has 20 heavy (non-hydrogen) atoms. The topological polar surface area (TPSA) is 25.4 Å². The number of rotatable bonds is 5. The second-order valence-corrected chi connectivity index (χ2v) is 6.53. The summed E-state index contributed by atoms with van der Waals surface area (Å²) >= 11 is 0. The molecule has 0 spiro atoms. The summed E-state index contributed by atoms with van der Waals surface area (Å²) in [6.07, 6.45) is 3.97. The lowest BCUT2D eigenvalue weighted by molar-refractivity contribution is 0.108. The molecular weight excluding hydrogens is 248 g/mol. The second kappa shape index (κ2) is 6.68. The van der Waals surface area contributed by atoms with Crippen molar-refractivity contribution in [2.75, 3.05) is 21.2 Å². The van der Waals surface area contributed by atoms with Crippen molar-refractivity contribution in [3.8, 4) is 0 Å². The van der Waals surface area contributed by atoms with Crippen LogP contribution in [-0.2, 0) is 11.3 Å². The predicted octanol–water partition coefficient (Wildman–Crippen LogP) is 3.55. The fourth-order valence-electron chi connectivity index (χ4n) is 3.09. The van der Waals surface area contributed by atoms with Crippen molar-refractivity contribution in [2.24, 2.45) is 0 Å². The summed E-state index contributed by atoms with van der Waals surface area (Å²) in [7, 11) is 6.05. The Balaban J connectivity index is 2.27. The first-order valence-corrected chi connectivity index (χ1v) is 7.68. The summed E-state index contributed by atoms with van der Waals surface area (Å²) in [5.41, 5.74) is 3.89. The lowest BCUT2D eigenvalue weighted by Crippen LogP contribution is -2.16. The molecule has 1 heterocycles. The lowest BCUT2D eigenvalue weighted by Gasteiger charge is -2.19. The van der Waals surface area contributed by atoms with Crippen LogP contribution in [-0.4, -0.2) is 37.2 Å². The maximum absolute atomic E-state index is 5.51. The maximum Gasteiger partial charge on any atom is 0.0581 e. The van der Waals surface area contributed by atoms with E-state index in [1.807, 2.05) is 7.11 Å². The average Bonchev–Trinajstić information content (AvgIpc) is 2.86. The van der Waals surface area contributed by atoms with Crippen molar-refractivity contribution in [3.63, 3.8) is 0 Å². The lowest BCUT2D eigenvalue weighted by atomic mass is 9.94. The fourth-order valence-corrected chi connectivity index (χ4v) is 3.09. The van der Waals surface area contributed by atoms with Crippen molar-refractivity contribution in [2.45, 2.75) is 57.6 Å². The number of ether oxygens (including phenoxy) is 1. The fraction of sp³-hybridized carbons (Fsp3) is 0.706. The highest BCUT2D eigenvalue weighted by Gasteiger charge is 2.28. The van der Waals surface area contributed by atoms with Gasteiger partial charge in [0.1, 0.15) is 0 Å². The molecule has 0 amide bonds. The summed E-state index contributed by atoms with van der Waals surface area (Å²) in [6, 6.07) is 4.52. The predicted molar refractivity (Wildman–Crippen MR) is 83.1 cm³/mol. The van der Waals surface area contributed by atoms with Gasteiger partial charge in [0.25, 0.3) is 0 Å². The Bertz CT molecular complexity index is 443. The van der Waals surface area contributed by atoms with E-state index >= 15 is 0 Å². The molecule has 0 unspecified atom stereocenters. The van der Waals surface area contributed by atoms with Gasteiger partial charge in [0, 0.05) is 19.3 Å². The number of nitrogens with zero attached hydrogens (tertiary/aromatic N) is 2. The van der Waals surface area contributed by atoms with Crippen molar-refractivity contribution in [3.05, 3.63) is 29.1 Å². The van der Waals surface area contributed by atoms with Gasteiger partial charge in [-0.3, -0.25) is 4.98 Å². The third-order valence-corrected chi connectivity index (χ3v) is 4.25. The minimum Gasteiger partial charge on any atom is -0.381 e. The van der Waals surface area contributed by atoms with Crippen LogP contribution in [0, 0.1) is 0 Å². The van der Waals surface area contributed by atoms with Gasteiger partial charge in [-0.25, -0.2) is 0 Å². The molecular formula is C17H28N2O. The Morgan fingerprint density at radius 3 is 2.60 bits per heavy atom. The number of hydrogen-bond acceptors (Lipinski definition) is 3. The Morgan fingerprint density at radius 2 is 2.05 bits per heavy atom. The van der Waals surface area contributed by atoms with E-state index in [0.717, 1.165) is 13.0 Å². The molecule has 3 heteroatoms. The van der Waals surface area contributed by atoms with E-state index in [9.17, 15) is 0 Å². The van der Waals surface area contributed by atoms with E-state index in [0.29, 0.717) is 17.9 Å². The zero-order valence-corrected chi connectivity index (χ0v) is 13.5. The van der Waals surface area contributed by atoms with E-state index in [-0.39, 0.29) is 0 Å². The van der Waals surface area contributed by atoms with Crippen molar-refractivity contribution < 1.29 is 4.74 Å². The molecule has 1 aliphatic carbocycles. The SMILES string of the molecule is CO[C@@H]1CC[C@H](c2ccc(C(C)C)nc2CN(C)C)C1. The molecule has 1 saturated carbocycles. The van der Waals surface area contributed by atoms with Crippen molar-refractivity contribution in [1.82, 2.24) is 9.88 Å². The van der Waals surface area contributed by atoms with Crippen molar-refractivity contribution in [1.29, 1.82) is 0 Å². The minimum atomic E-state index is 0.428. The summed E-state index contributed by atoms with van der Waals surface area (Å²) in [5.74, 6) is 1.10. The van der Waals surface area contributed by atoms with Gasteiger partial charge in [-0.15, -0.1) is 0 Å². The first kappa shape index (κ1) is 15.5. The van der Waals surface area contributed by atoms with Gasteiger partial charge in [-0.2, -0.15) is 0 Å². The van der Waals surface area contributed by atoms with Gasteiger partial charge in [0.15, 0.2) is 0 Å². The summed E-state index contributed by atoms with van der Waals surface area (Å²) in [5, 5.41) is 0. The van der Waals surface area contributed by atoms with Crippen LogP contribution in [0.25, 0.3) is 0 Å². The molecule has 0 saturated heterocycles. The molecule has 0 aromatic carbocycles. The average molecular weight is 276 g/mol. The Kier molecular flexibility index (Phi) is 5.17. The molecule has 2 rings (SSSR count). The van der Waals surface area contributed by atoms with E-state index in [4.69, 9.17) is 9.72 Å². The van der Waals surface area contributed by atoms with Crippen LogP contribution in [0.4, 0.5) is 0 Å². The van der Waals surface area contributed by atoms with Gasteiger partial charge in [0.2, 0.25) is 0 Å². The van der Waals surface area contributed by atoms with E-state index in [1.54, 1.807) is 0 Å². The molecule has 1 fully saturated rings. The Morgan fingerprint density at radius 1 is 1.30 bits per heavy atom. The summed E-state index contributed by atoms with van der Waals surface area (Å²) < 4.78 is 5.51. The third kappa shape index (κ3) is 3.58. The van der Waals surface area contributed by atoms with Crippen LogP contribution in [0.1, 0.15) is 61.9 Å². The van der Waals surface area contributed by atoms with E-state index in [1.165, 1.54) is 29.8 Å². The number of hydrogen-bond donors (Lipinski definition) is 0. The Hall–Kier alpha value is -0.930. The molecule has 0 aliphatic heterocycles. The molecule has 1 aromatic heterocycles. The molecule has 0 N–H and O–H groups in total. The molecule has 112 valence electrons. The first-order chi connectivity index (χ1) is 9.51. The summed E-state index contributed by atoms with van der Waals surface area (Å²) in [6.45, 7) is 5.33. The Labute approximate surface area is 123 Å². The molecule has 1 aromatic rings. The van der Waals surface area contributed by atoms with Gasteiger partial charge < -0.3 is 9.64 Å². The van der Waals surface area contributed by atoms with Crippen LogP contribution in [0.3, 0.4) is 0 Å². The highest BCUT2D eigenvalue weighted by molar-refractivity contribution is 5.29. The molecule has 2 atom stereocenters. The van der Waals surface area contributed by atoms with Crippen molar-refractivity contribution >= 4 is 0 Å². The second-order valence-electron chi connectivity index (χ2n) is 6.53. The number of methoxy groups -OCH3 is 1. The minimum absolute atomic E-state index is 0.428. The third-order valence-electron chi connectivity index (χ3n) is 4.25. The smallest absolute Gasteiger partial charge is 0.0581 e. The maximum atomic E-state index is 5.51. The van der Waals surface area contributed by atoms with Gasteiger partial charge in [0.05, 0.1) is 11.8 Å². The van der Waals surface area contributed by atoms with Crippen LogP contribution in [0.15, 0.2) is 12.1 Å². The molecule has 0 bridgehead atoms. The quantitative estimate of drug-likeness (QED) is 0.822. The van der Waals surface area contributed by atoms with Crippen LogP contribution < -0.4 is 0 Å².